The van der Waals surface area contributed by atoms with Gasteiger partial charge in [-0.15, -0.1) is 0 Å². The standard InChI is InChI=1S/C11H13BrClNO2/c1-3-16-10-5-4-8(6-9(10)13)14-11(15)7(2)12/h4-7H,3H2,1-2H3,(H,14,15). The summed E-state index contributed by atoms with van der Waals surface area (Å²) < 4.78 is 5.29. The molecule has 0 spiro atoms. The van der Waals surface area contributed by atoms with Gasteiger partial charge >= 0.3 is 0 Å². The predicted molar refractivity (Wildman–Crippen MR) is 69.6 cm³/mol. The number of hydrogen-bond acceptors (Lipinski definition) is 2. The second kappa shape index (κ2) is 6.11. The van der Waals surface area contributed by atoms with E-state index in [9.17, 15) is 4.79 Å². The molecule has 0 fully saturated rings. The lowest BCUT2D eigenvalue weighted by atomic mass is 10.3. The summed E-state index contributed by atoms with van der Waals surface area (Å²) in [6, 6.07) is 5.16. The number of benzene rings is 1. The lowest BCUT2D eigenvalue weighted by Gasteiger charge is -2.09. The maximum atomic E-state index is 11.4. The van der Waals surface area contributed by atoms with E-state index in [2.05, 4.69) is 21.2 Å². The number of carbonyl (C=O) groups excluding carboxylic acids is 1. The van der Waals surface area contributed by atoms with E-state index in [1.807, 2.05) is 6.92 Å². The number of carbonyl (C=O) groups is 1. The summed E-state index contributed by atoms with van der Waals surface area (Å²) >= 11 is 9.17. The van der Waals surface area contributed by atoms with Gasteiger partial charge in [-0.1, -0.05) is 27.5 Å². The van der Waals surface area contributed by atoms with Crippen molar-refractivity contribution in [2.45, 2.75) is 18.7 Å². The Morgan fingerprint density at radius 1 is 1.62 bits per heavy atom. The maximum absolute atomic E-state index is 11.4. The van der Waals surface area contributed by atoms with Crippen molar-refractivity contribution in [2.75, 3.05) is 11.9 Å². The smallest absolute Gasteiger partial charge is 0.237 e. The summed E-state index contributed by atoms with van der Waals surface area (Å²) in [5, 5.41) is 3.21. The van der Waals surface area contributed by atoms with E-state index >= 15 is 0 Å². The topological polar surface area (TPSA) is 38.3 Å². The van der Waals surface area contributed by atoms with Gasteiger partial charge in [0.25, 0.3) is 0 Å². The largest absolute Gasteiger partial charge is 0.492 e. The molecule has 0 heterocycles. The van der Waals surface area contributed by atoms with Crippen LogP contribution < -0.4 is 10.1 Å². The van der Waals surface area contributed by atoms with Gasteiger partial charge in [-0.05, 0) is 32.0 Å². The van der Waals surface area contributed by atoms with Crippen LogP contribution in [0, 0.1) is 0 Å². The van der Waals surface area contributed by atoms with E-state index < -0.39 is 0 Å². The van der Waals surface area contributed by atoms with Crippen molar-refractivity contribution in [1.82, 2.24) is 0 Å². The average Bonchev–Trinajstić information content (AvgIpc) is 2.22. The molecule has 0 bridgehead atoms. The first-order valence-corrected chi connectivity index (χ1v) is 6.21. The number of hydrogen-bond donors (Lipinski definition) is 1. The molecule has 5 heteroatoms. The third-order valence-electron chi connectivity index (χ3n) is 1.86. The molecule has 16 heavy (non-hydrogen) atoms. The van der Waals surface area contributed by atoms with E-state index in [1.54, 1.807) is 25.1 Å². The molecule has 1 amide bonds. The van der Waals surface area contributed by atoms with Gasteiger partial charge in [-0.25, -0.2) is 0 Å². The van der Waals surface area contributed by atoms with Gasteiger partial charge in [-0.2, -0.15) is 0 Å². The summed E-state index contributed by atoms with van der Waals surface area (Å²) in [4.78, 5) is 11.2. The van der Waals surface area contributed by atoms with Crippen LogP contribution >= 0.6 is 27.5 Å². The highest BCUT2D eigenvalue weighted by atomic mass is 79.9. The zero-order valence-electron chi connectivity index (χ0n) is 9.09. The predicted octanol–water partition coefficient (Wildman–Crippen LogP) is 3.46. The van der Waals surface area contributed by atoms with Crippen LogP contribution in [0.25, 0.3) is 0 Å². The first-order chi connectivity index (χ1) is 7.54. The van der Waals surface area contributed by atoms with E-state index in [1.165, 1.54) is 0 Å². The minimum Gasteiger partial charge on any atom is -0.492 e. The second-order valence-electron chi connectivity index (χ2n) is 3.18. The molecule has 1 rings (SSSR count). The molecule has 88 valence electrons. The van der Waals surface area contributed by atoms with Crippen molar-refractivity contribution in [3.63, 3.8) is 0 Å². The Morgan fingerprint density at radius 3 is 2.81 bits per heavy atom. The molecule has 1 atom stereocenters. The first-order valence-electron chi connectivity index (χ1n) is 4.92. The fourth-order valence-corrected chi connectivity index (χ4v) is 1.44. The van der Waals surface area contributed by atoms with Crippen LogP contribution in [-0.4, -0.2) is 17.3 Å². The van der Waals surface area contributed by atoms with Gasteiger partial charge in [0.1, 0.15) is 5.75 Å². The van der Waals surface area contributed by atoms with Crippen molar-refractivity contribution in [2.24, 2.45) is 0 Å². The normalized spacial score (nSPS) is 12.0. The first kappa shape index (κ1) is 13.3. The van der Waals surface area contributed by atoms with E-state index in [-0.39, 0.29) is 10.7 Å². The van der Waals surface area contributed by atoms with Gasteiger partial charge in [-0.3, -0.25) is 4.79 Å². The van der Waals surface area contributed by atoms with Crippen molar-refractivity contribution in [3.8, 4) is 5.75 Å². The molecule has 1 N–H and O–H groups in total. The van der Waals surface area contributed by atoms with Crippen molar-refractivity contribution in [1.29, 1.82) is 0 Å². The van der Waals surface area contributed by atoms with Crippen molar-refractivity contribution in [3.05, 3.63) is 23.2 Å². The third kappa shape index (κ3) is 3.68. The molecule has 1 aromatic rings. The third-order valence-corrected chi connectivity index (χ3v) is 2.57. The van der Waals surface area contributed by atoms with Gasteiger partial charge in [0.2, 0.25) is 5.91 Å². The number of nitrogens with one attached hydrogen (secondary N) is 1. The monoisotopic (exact) mass is 305 g/mol. The summed E-state index contributed by atoms with van der Waals surface area (Å²) in [7, 11) is 0. The lowest BCUT2D eigenvalue weighted by Crippen LogP contribution is -2.19. The Kier molecular flexibility index (Phi) is 5.09. The minimum atomic E-state index is -0.238. The molecule has 0 radical (unpaired) electrons. The number of alkyl halides is 1. The van der Waals surface area contributed by atoms with Crippen molar-refractivity contribution < 1.29 is 9.53 Å². The summed E-state index contributed by atoms with van der Waals surface area (Å²) in [6.45, 7) is 4.20. The lowest BCUT2D eigenvalue weighted by molar-refractivity contribution is -0.115. The van der Waals surface area contributed by atoms with E-state index in [0.29, 0.717) is 23.1 Å². The Morgan fingerprint density at radius 2 is 2.31 bits per heavy atom. The highest BCUT2D eigenvalue weighted by Gasteiger charge is 2.10. The Balaban J connectivity index is 2.77. The van der Waals surface area contributed by atoms with Crippen LogP contribution in [0.4, 0.5) is 5.69 Å². The van der Waals surface area contributed by atoms with Gasteiger partial charge in [0, 0.05) is 5.69 Å². The number of ether oxygens (including phenoxy) is 1. The SMILES string of the molecule is CCOc1ccc(NC(=O)C(C)Br)cc1Cl. The molecule has 0 saturated carbocycles. The van der Waals surface area contributed by atoms with Crippen LogP contribution in [0.3, 0.4) is 0 Å². The molecule has 1 aromatic carbocycles. The van der Waals surface area contributed by atoms with Crippen LogP contribution in [-0.2, 0) is 4.79 Å². The quantitative estimate of drug-likeness (QED) is 0.865. The summed E-state index contributed by atoms with van der Waals surface area (Å²) in [5.74, 6) is 0.509. The average molecular weight is 307 g/mol. The molecule has 1 unspecified atom stereocenters. The molecule has 0 aromatic heterocycles. The zero-order valence-corrected chi connectivity index (χ0v) is 11.4. The fraction of sp³-hybridized carbons (Fsp3) is 0.364. The highest BCUT2D eigenvalue weighted by Crippen LogP contribution is 2.27. The number of anilines is 1. The summed E-state index contributed by atoms with van der Waals surface area (Å²) in [6.07, 6.45) is 0. The molecule has 0 saturated heterocycles. The minimum absolute atomic E-state index is 0.111. The van der Waals surface area contributed by atoms with E-state index in [4.69, 9.17) is 16.3 Å². The molecule has 0 aliphatic rings. The maximum Gasteiger partial charge on any atom is 0.237 e. The number of halogens is 2. The van der Waals surface area contributed by atoms with Crippen LogP contribution in [0.2, 0.25) is 5.02 Å². The zero-order chi connectivity index (χ0) is 12.1. The molecular weight excluding hydrogens is 293 g/mol. The molecular formula is C11H13BrClNO2. The van der Waals surface area contributed by atoms with Crippen LogP contribution in [0.5, 0.6) is 5.75 Å². The highest BCUT2D eigenvalue weighted by molar-refractivity contribution is 9.10. The number of rotatable bonds is 4. The second-order valence-corrected chi connectivity index (χ2v) is 4.96. The van der Waals surface area contributed by atoms with Gasteiger partial charge < -0.3 is 10.1 Å². The Labute approximate surface area is 108 Å². The molecule has 3 nitrogen and oxygen atoms in total. The molecule has 0 aliphatic heterocycles. The van der Waals surface area contributed by atoms with Crippen molar-refractivity contribution >= 4 is 39.1 Å². The molecule has 0 aliphatic carbocycles. The Bertz CT molecular complexity index is 382. The fourth-order valence-electron chi connectivity index (χ4n) is 1.09. The number of amides is 1. The van der Waals surface area contributed by atoms with Crippen LogP contribution in [0.1, 0.15) is 13.8 Å². The Hall–Kier alpha value is -0.740. The van der Waals surface area contributed by atoms with Gasteiger partial charge in [0.15, 0.2) is 0 Å². The van der Waals surface area contributed by atoms with Gasteiger partial charge in [0.05, 0.1) is 16.5 Å². The van der Waals surface area contributed by atoms with E-state index in [0.717, 1.165) is 0 Å². The summed E-state index contributed by atoms with van der Waals surface area (Å²) in [5.41, 5.74) is 0.657. The van der Waals surface area contributed by atoms with Crippen LogP contribution in [0.15, 0.2) is 18.2 Å².